The van der Waals surface area contributed by atoms with Crippen molar-refractivity contribution in [2.24, 2.45) is 0 Å². The van der Waals surface area contributed by atoms with Gasteiger partial charge in [0.25, 0.3) is 0 Å². The highest BCUT2D eigenvalue weighted by molar-refractivity contribution is 7.13. The van der Waals surface area contributed by atoms with Gasteiger partial charge in [0.15, 0.2) is 10.8 Å². The van der Waals surface area contributed by atoms with E-state index in [4.69, 9.17) is 5.11 Å². The van der Waals surface area contributed by atoms with Gasteiger partial charge in [-0.25, -0.2) is 9.78 Å². The van der Waals surface area contributed by atoms with E-state index in [0.29, 0.717) is 5.13 Å². The summed E-state index contributed by atoms with van der Waals surface area (Å²) >= 11 is 1.32. The van der Waals surface area contributed by atoms with Crippen LogP contribution in [0.3, 0.4) is 0 Å². The van der Waals surface area contributed by atoms with Gasteiger partial charge in [0.05, 0.1) is 0 Å². The van der Waals surface area contributed by atoms with Crippen molar-refractivity contribution < 1.29 is 9.90 Å². The monoisotopic (exact) mass is 229 g/mol. The van der Waals surface area contributed by atoms with Gasteiger partial charge in [-0.05, 0) is 13.6 Å². The van der Waals surface area contributed by atoms with E-state index in [-0.39, 0.29) is 5.69 Å². The lowest BCUT2D eigenvalue weighted by Crippen LogP contribution is -2.24. The molecule has 1 rings (SSSR count). The van der Waals surface area contributed by atoms with Gasteiger partial charge in [-0.15, -0.1) is 11.3 Å². The van der Waals surface area contributed by atoms with Crippen LogP contribution in [0.2, 0.25) is 0 Å². The van der Waals surface area contributed by atoms with Crippen molar-refractivity contribution in [3.8, 4) is 0 Å². The zero-order chi connectivity index (χ0) is 11.3. The lowest BCUT2D eigenvalue weighted by atomic mass is 10.5. The summed E-state index contributed by atoms with van der Waals surface area (Å²) in [5, 5.41) is 13.9. The summed E-state index contributed by atoms with van der Waals surface area (Å²) in [4.78, 5) is 16.6. The van der Waals surface area contributed by atoms with Gasteiger partial charge in [-0.1, -0.05) is 6.92 Å². The number of carboxylic acid groups (broad SMARTS) is 1. The van der Waals surface area contributed by atoms with E-state index in [2.05, 4.69) is 22.1 Å². The van der Waals surface area contributed by atoms with Crippen molar-refractivity contribution in [2.75, 3.05) is 32.0 Å². The molecule has 0 fully saturated rings. The molecule has 84 valence electrons. The lowest BCUT2D eigenvalue weighted by Gasteiger charge is -2.13. The first-order valence-electron chi connectivity index (χ1n) is 4.74. The Bertz CT molecular complexity index is 327. The number of aromatic carboxylic acids is 1. The van der Waals surface area contributed by atoms with Gasteiger partial charge >= 0.3 is 5.97 Å². The molecule has 0 aliphatic heterocycles. The van der Waals surface area contributed by atoms with E-state index in [1.807, 2.05) is 7.05 Å². The Hall–Kier alpha value is -1.14. The Labute approximate surface area is 92.7 Å². The SMILES string of the molecule is CCN(C)CCNc1nc(C(=O)O)cs1. The molecule has 1 aromatic rings. The van der Waals surface area contributed by atoms with Crippen molar-refractivity contribution in [1.82, 2.24) is 9.88 Å². The molecule has 0 bridgehead atoms. The number of nitrogens with one attached hydrogen (secondary N) is 1. The van der Waals surface area contributed by atoms with Gasteiger partial charge in [0.2, 0.25) is 0 Å². The van der Waals surface area contributed by atoms with E-state index in [0.717, 1.165) is 19.6 Å². The number of rotatable bonds is 6. The number of hydrogen-bond acceptors (Lipinski definition) is 5. The maximum absolute atomic E-state index is 10.6. The molecule has 0 aliphatic carbocycles. The van der Waals surface area contributed by atoms with Crippen molar-refractivity contribution in [3.05, 3.63) is 11.1 Å². The second-order valence-corrected chi connectivity index (χ2v) is 4.02. The molecular weight excluding hydrogens is 214 g/mol. The van der Waals surface area contributed by atoms with Crippen molar-refractivity contribution >= 4 is 22.4 Å². The molecule has 1 aromatic heterocycles. The molecule has 0 atom stereocenters. The first-order valence-corrected chi connectivity index (χ1v) is 5.62. The van der Waals surface area contributed by atoms with E-state index in [1.165, 1.54) is 16.7 Å². The highest BCUT2D eigenvalue weighted by Crippen LogP contribution is 2.14. The molecule has 0 saturated heterocycles. The molecule has 0 aliphatic rings. The highest BCUT2D eigenvalue weighted by Gasteiger charge is 2.07. The predicted molar refractivity (Wildman–Crippen MR) is 60.7 cm³/mol. The molecule has 0 spiro atoms. The van der Waals surface area contributed by atoms with Crippen LogP contribution in [-0.2, 0) is 0 Å². The van der Waals surface area contributed by atoms with E-state index >= 15 is 0 Å². The van der Waals surface area contributed by atoms with Crippen molar-refractivity contribution in [3.63, 3.8) is 0 Å². The van der Waals surface area contributed by atoms with Crippen LogP contribution in [0.1, 0.15) is 17.4 Å². The summed E-state index contributed by atoms with van der Waals surface area (Å²) in [6, 6.07) is 0. The second-order valence-electron chi connectivity index (χ2n) is 3.17. The fraction of sp³-hybridized carbons (Fsp3) is 0.556. The minimum Gasteiger partial charge on any atom is -0.476 e. The molecule has 0 saturated carbocycles. The Morgan fingerprint density at radius 3 is 3.00 bits per heavy atom. The molecule has 15 heavy (non-hydrogen) atoms. The summed E-state index contributed by atoms with van der Waals surface area (Å²) in [6.45, 7) is 4.78. The minimum atomic E-state index is -0.982. The average Bonchev–Trinajstić information content (AvgIpc) is 2.66. The normalized spacial score (nSPS) is 10.6. The van der Waals surface area contributed by atoms with Crippen LogP contribution in [-0.4, -0.2) is 47.6 Å². The predicted octanol–water partition coefficient (Wildman–Crippen LogP) is 1.20. The molecule has 1 heterocycles. The molecule has 0 unspecified atom stereocenters. The van der Waals surface area contributed by atoms with Gasteiger partial charge in [-0.2, -0.15) is 0 Å². The number of likely N-dealkylation sites (N-methyl/N-ethyl adjacent to an activating group) is 1. The minimum absolute atomic E-state index is 0.103. The lowest BCUT2D eigenvalue weighted by molar-refractivity contribution is 0.0691. The van der Waals surface area contributed by atoms with E-state index in [1.54, 1.807) is 0 Å². The standard InChI is InChI=1S/C9H15N3O2S/c1-3-12(2)5-4-10-9-11-7(6-15-9)8(13)14/h6H,3-5H2,1-2H3,(H,10,11)(H,13,14). The Morgan fingerprint density at radius 1 is 1.73 bits per heavy atom. The summed E-state index contributed by atoms with van der Waals surface area (Å²) in [7, 11) is 2.03. The van der Waals surface area contributed by atoms with Crippen LogP contribution in [0.4, 0.5) is 5.13 Å². The molecule has 0 aromatic carbocycles. The average molecular weight is 229 g/mol. The number of anilines is 1. The third kappa shape index (κ3) is 3.85. The van der Waals surface area contributed by atoms with Gasteiger partial charge in [0.1, 0.15) is 0 Å². The van der Waals surface area contributed by atoms with E-state index < -0.39 is 5.97 Å². The third-order valence-electron chi connectivity index (χ3n) is 2.03. The second kappa shape index (κ2) is 5.67. The number of aromatic nitrogens is 1. The molecule has 2 N–H and O–H groups in total. The van der Waals surface area contributed by atoms with Crippen LogP contribution in [0.5, 0.6) is 0 Å². The van der Waals surface area contributed by atoms with Crippen LogP contribution in [0.15, 0.2) is 5.38 Å². The smallest absolute Gasteiger partial charge is 0.355 e. The first-order chi connectivity index (χ1) is 7.13. The quantitative estimate of drug-likeness (QED) is 0.767. The molecule has 0 amide bonds. The Morgan fingerprint density at radius 2 is 2.47 bits per heavy atom. The van der Waals surface area contributed by atoms with Crippen LogP contribution < -0.4 is 5.32 Å². The fourth-order valence-electron chi connectivity index (χ4n) is 0.965. The maximum Gasteiger partial charge on any atom is 0.355 e. The van der Waals surface area contributed by atoms with Gasteiger partial charge in [-0.3, -0.25) is 0 Å². The molecular formula is C9H15N3O2S. The number of carboxylic acids is 1. The first kappa shape index (κ1) is 11.9. The summed E-state index contributed by atoms with van der Waals surface area (Å²) in [5.41, 5.74) is 0.103. The zero-order valence-corrected chi connectivity index (χ0v) is 9.67. The molecule has 0 radical (unpaired) electrons. The number of hydrogen-bond donors (Lipinski definition) is 2. The Kier molecular flexibility index (Phi) is 4.51. The molecule has 5 nitrogen and oxygen atoms in total. The summed E-state index contributed by atoms with van der Waals surface area (Å²) in [5.74, 6) is -0.982. The summed E-state index contributed by atoms with van der Waals surface area (Å²) in [6.07, 6.45) is 0. The van der Waals surface area contributed by atoms with Gasteiger partial charge < -0.3 is 15.3 Å². The molecule has 6 heteroatoms. The number of thiazole rings is 1. The van der Waals surface area contributed by atoms with Crippen LogP contribution >= 0.6 is 11.3 Å². The van der Waals surface area contributed by atoms with Crippen LogP contribution in [0, 0.1) is 0 Å². The summed E-state index contributed by atoms with van der Waals surface area (Å²) < 4.78 is 0. The van der Waals surface area contributed by atoms with Gasteiger partial charge in [0, 0.05) is 18.5 Å². The fourth-order valence-corrected chi connectivity index (χ4v) is 1.68. The third-order valence-corrected chi connectivity index (χ3v) is 2.83. The zero-order valence-electron chi connectivity index (χ0n) is 8.86. The topological polar surface area (TPSA) is 65.5 Å². The number of carbonyl (C=O) groups is 1. The van der Waals surface area contributed by atoms with Crippen LogP contribution in [0.25, 0.3) is 0 Å². The largest absolute Gasteiger partial charge is 0.476 e. The Balaban J connectivity index is 2.35. The van der Waals surface area contributed by atoms with Crippen molar-refractivity contribution in [2.45, 2.75) is 6.92 Å². The maximum atomic E-state index is 10.6. The highest BCUT2D eigenvalue weighted by atomic mass is 32.1. The van der Waals surface area contributed by atoms with E-state index in [9.17, 15) is 4.79 Å². The van der Waals surface area contributed by atoms with Crippen molar-refractivity contribution in [1.29, 1.82) is 0 Å². The number of nitrogens with zero attached hydrogens (tertiary/aromatic N) is 2.